The second-order valence-corrected chi connectivity index (χ2v) is 6.51. The zero-order chi connectivity index (χ0) is 20.1. The first kappa shape index (κ1) is 20.8. The van der Waals surface area contributed by atoms with Crippen molar-refractivity contribution in [2.75, 3.05) is 0 Å². The molecule has 2 aromatic rings. The number of hydrogen-bond donors (Lipinski definition) is 0. The van der Waals surface area contributed by atoms with Crippen molar-refractivity contribution in [3.05, 3.63) is 56.2 Å². The van der Waals surface area contributed by atoms with Gasteiger partial charge in [-0.05, 0) is 58.8 Å². The van der Waals surface area contributed by atoms with Gasteiger partial charge in [0.25, 0.3) is 0 Å². The molecule has 0 amide bonds. The van der Waals surface area contributed by atoms with Gasteiger partial charge in [-0.25, -0.2) is 0 Å². The summed E-state index contributed by atoms with van der Waals surface area (Å²) in [7, 11) is 0. The summed E-state index contributed by atoms with van der Waals surface area (Å²) in [5.74, 6) is 0. The third-order valence-corrected chi connectivity index (χ3v) is 4.64. The van der Waals surface area contributed by atoms with Gasteiger partial charge < -0.3 is 0 Å². The van der Waals surface area contributed by atoms with E-state index in [0.29, 0.717) is 12.1 Å². The van der Waals surface area contributed by atoms with Gasteiger partial charge >= 0.3 is 18.5 Å². The summed E-state index contributed by atoms with van der Waals surface area (Å²) in [6.45, 7) is 1.33. The fourth-order valence-electron chi connectivity index (χ4n) is 2.32. The second kappa shape index (κ2) is 6.61. The van der Waals surface area contributed by atoms with E-state index in [4.69, 9.17) is 0 Å². The minimum atomic E-state index is -5.16. The highest BCUT2D eigenvalue weighted by atomic mass is 127. The molecular formula is C16H8F9I. The summed E-state index contributed by atoms with van der Waals surface area (Å²) in [5.41, 5.74) is -5.98. The van der Waals surface area contributed by atoms with Gasteiger partial charge in [-0.15, -0.1) is 0 Å². The maximum absolute atomic E-state index is 13.3. The topological polar surface area (TPSA) is 0 Å². The summed E-state index contributed by atoms with van der Waals surface area (Å²) >= 11 is 1.11. The Morgan fingerprint density at radius 1 is 0.654 bits per heavy atom. The number of alkyl halides is 9. The van der Waals surface area contributed by atoms with Gasteiger partial charge in [0, 0.05) is 3.57 Å². The van der Waals surface area contributed by atoms with Crippen molar-refractivity contribution in [1.82, 2.24) is 0 Å². The molecule has 0 aromatic heterocycles. The molecule has 0 nitrogen and oxygen atoms in total. The number of benzene rings is 2. The lowest BCUT2D eigenvalue weighted by atomic mass is 9.94. The first-order valence-corrected chi connectivity index (χ1v) is 7.86. The van der Waals surface area contributed by atoms with E-state index in [1.165, 1.54) is 13.0 Å². The lowest BCUT2D eigenvalue weighted by Crippen LogP contribution is -2.15. The quantitative estimate of drug-likeness (QED) is 0.286. The van der Waals surface area contributed by atoms with Crippen LogP contribution in [0.15, 0.2) is 30.3 Å². The summed E-state index contributed by atoms with van der Waals surface area (Å²) in [6, 6.07) is 2.94. The van der Waals surface area contributed by atoms with Gasteiger partial charge in [-0.3, -0.25) is 0 Å². The van der Waals surface area contributed by atoms with Gasteiger partial charge in [-0.2, -0.15) is 39.5 Å². The molecule has 142 valence electrons. The fraction of sp³-hybridized carbons (Fsp3) is 0.250. The van der Waals surface area contributed by atoms with E-state index in [1.807, 2.05) is 0 Å². The lowest BCUT2D eigenvalue weighted by molar-refractivity contribution is -0.143. The average Bonchev–Trinajstić information content (AvgIpc) is 2.44. The molecule has 0 saturated carbocycles. The number of halogens is 10. The molecule has 0 aliphatic rings. The molecule has 0 radical (unpaired) electrons. The molecule has 26 heavy (non-hydrogen) atoms. The van der Waals surface area contributed by atoms with Crippen LogP contribution in [0.1, 0.15) is 22.3 Å². The summed E-state index contributed by atoms with van der Waals surface area (Å²) in [4.78, 5) is 0. The van der Waals surface area contributed by atoms with Crippen molar-refractivity contribution < 1.29 is 39.5 Å². The molecule has 0 aliphatic heterocycles. The van der Waals surface area contributed by atoms with Crippen molar-refractivity contribution in [2.24, 2.45) is 0 Å². The van der Waals surface area contributed by atoms with Crippen LogP contribution in [0.2, 0.25) is 0 Å². The Labute approximate surface area is 155 Å². The van der Waals surface area contributed by atoms with Crippen LogP contribution >= 0.6 is 22.6 Å². The van der Waals surface area contributed by atoms with Crippen LogP contribution in [0.25, 0.3) is 11.1 Å². The molecule has 0 N–H and O–H groups in total. The van der Waals surface area contributed by atoms with E-state index < -0.39 is 49.9 Å². The van der Waals surface area contributed by atoms with E-state index in [9.17, 15) is 39.5 Å². The first-order valence-electron chi connectivity index (χ1n) is 6.78. The SMILES string of the molecule is Cc1ccc(-c2cc(C(F)(F)F)cc(C(F)(F)F)c2I)c(C(F)(F)F)c1. The van der Waals surface area contributed by atoms with E-state index in [2.05, 4.69) is 0 Å². The van der Waals surface area contributed by atoms with Crippen LogP contribution in [0, 0.1) is 10.5 Å². The molecule has 0 atom stereocenters. The van der Waals surface area contributed by atoms with Gasteiger partial charge in [0.15, 0.2) is 0 Å². The molecule has 2 aromatic carbocycles. The molecule has 0 heterocycles. The standard InChI is InChI=1S/C16H8F9I/c1-7-2-3-9(11(4-7)15(20,21)22)10-5-8(14(17,18)19)6-12(13(10)26)16(23,24)25/h2-6H,1H3. The van der Waals surface area contributed by atoms with Crippen LogP contribution in [0.3, 0.4) is 0 Å². The fourth-order valence-corrected chi connectivity index (χ4v) is 3.23. The summed E-state index contributed by atoms with van der Waals surface area (Å²) in [5, 5.41) is 0. The molecule has 0 spiro atoms. The zero-order valence-electron chi connectivity index (χ0n) is 12.7. The molecule has 0 aliphatic carbocycles. The number of rotatable bonds is 1. The van der Waals surface area contributed by atoms with E-state index in [1.54, 1.807) is 0 Å². The largest absolute Gasteiger partial charge is 0.417 e. The molecule has 0 saturated heterocycles. The zero-order valence-corrected chi connectivity index (χ0v) is 14.8. The van der Waals surface area contributed by atoms with Crippen LogP contribution in [-0.4, -0.2) is 0 Å². The Morgan fingerprint density at radius 3 is 1.65 bits per heavy atom. The van der Waals surface area contributed by atoms with Gasteiger partial charge in [0.1, 0.15) is 0 Å². The molecule has 10 heteroatoms. The van der Waals surface area contributed by atoms with E-state index >= 15 is 0 Å². The lowest BCUT2D eigenvalue weighted by Gasteiger charge is -2.20. The van der Waals surface area contributed by atoms with Crippen molar-refractivity contribution in [1.29, 1.82) is 0 Å². The third-order valence-electron chi connectivity index (χ3n) is 3.48. The predicted molar refractivity (Wildman–Crippen MR) is 84.3 cm³/mol. The Morgan fingerprint density at radius 2 is 1.19 bits per heavy atom. The number of hydrogen-bond acceptors (Lipinski definition) is 0. The van der Waals surface area contributed by atoms with Crippen LogP contribution in [0.4, 0.5) is 39.5 Å². The number of aryl methyl sites for hydroxylation is 1. The smallest absolute Gasteiger partial charge is 0.166 e. The van der Waals surface area contributed by atoms with Crippen molar-refractivity contribution in [3.63, 3.8) is 0 Å². The molecule has 0 fully saturated rings. The molecular weight excluding hydrogens is 490 g/mol. The highest BCUT2D eigenvalue weighted by Crippen LogP contribution is 2.45. The maximum Gasteiger partial charge on any atom is 0.417 e. The van der Waals surface area contributed by atoms with E-state index in [-0.39, 0.29) is 11.6 Å². The molecule has 0 unspecified atom stereocenters. The van der Waals surface area contributed by atoms with Crippen molar-refractivity contribution >= 4 is 22.6 Å². The van der Waals surface area contributed by atoms with Gasteiger partial charge in [-0.1, -0.05) is 17.7 Å². The third kappa shape index (κ3) is 4.26. The Hall–Kier alpha value is -1.46. The summed E-state index contributed by atoms with van der Waals surface area (Å²) < 4.78 is 117. The Bertz CT molecular complexity index is 829. The highest BCUT2D eigenvalue weighted by Gasteiger charge is 2.41. The van der Waals surface area contributed by atoms with Crippen LogP contribution in [0.5, 0.6) is 0 Å². The van der Waals surface area contributed by atoms with Crippen molar-refractivity contribution in [3.8, 4) is 11.1 Å². The minimum Gasteiger partial charge on any atom is -0.166 e. The van der Waals surface area contributed by atoms with Crippen molar-refractivity contribution in [2.45, 2.75) is 25.5 Å². The van der Waals surface area contributed by atoms with Gasteiger partial charge in [0.05, 0.1) is 16.7 Å². The highest BCUT2D eigenvalue weighted by molar-refractivity contribution is 14.1. The molecule has 0 bridgehead atoms. The minimum absolute atomic E-state index is 0.104. The molecule has 2 rings (SSSR count). The summed E-state index contributed by atoms with van der Waals surface area (Å²) in [6.07, 6.45) is -15.3. The normalized spacial score (nSPS) is 13.2. The average molecular weight is 498 g/mol. The predicted octanol–water partition coefficient (Wildman–Crippen LogP) is 7.32. The second-order valence-electron chi connectivity index (χ2n) is 5.43. The first-order chi connectivity index (χ1) is 11.6. The van der Waals surface area contributed by atoms with Crippen LogP contribution in [-0.2, 0) is 18.5 Å². The Balaban J connectivity index is 2.91. The Kier molecular flexibility index (Phi) is 5.30. The van der Waals surface area contributed by atoms with Crippen LogP contribution < -0.4 is 0 Å². The monoisotopic (exact) mass is 498 g/mol. The maximum atomic E-state index is 13.3. The van der Waals surface area contributed by atoms with Gasteiger partial charge in [0.2, 0.25) is 0 Å². The van der Waals surface area contributed by atoms with E-state index in [0.717, 1.165) is 28.7 Å².